The van der Waals surface area contributed by atoms with Crippen molar-refractivity contribution in [2.24, 2.45) is 23.9 Å². The first-order chi connectivity index (χ1) is 18.9. The van der Waals surface area contributed by atoms with Crippen molar-refractivity contribution >= 4 is 34.6 Å². The van der Waals surface area contributed by atoms with Gasteiger partial charge in [0.05, 0.1) is 18.8 Å². The molecule has 2 aliphatic heterocycles. The third kappa shape index (κ3) is 4.98. The van der Waals surface area contributed by atoms with E-state index in [1.165, 1.54) is 12.0 Å². The topological polar surface area (TPSA) is 100 Å². The Bertz CT molecular complexity index is 1460. The van der Waals surface area contributed by atoms with Crippen molar-refractivity contribution in [2.45, 2.75) is 19.3 Å². The molecule has 10 nitrogen and oxygen atoms in total. The molecular weight excluding hydrogens is 496 g/mol. The van der Waals surface area contributed by atoms with Crippen LogP contribution in [0.3, 0.4) is 0 Å². The van der Waals surface area contributed by atoms with Gasteiger partial charge in [0.25, 0.3) is 0 Å². The molecule has 0 spiro atoms. The molecule has 202 valence electrons. The number of methoxy groups -OCH3 is 1. The summed E-state index contributed by atoms with van der Waals surface area (Å²) in [5.41, 5.74) is 3.97. The molecule has 1 aromatic heterocycles. The third-order valence-electron chi connectivity index (χ3n) is 7.89. The number of carbonyl (C=O) groups excluding carboxylic acids is 3. The van der Waals surface area contributed by atoms with Crippen LogP contribution in [0.25, 0.3) is 22.0 Å². The average molecular weight is 529 g/mol. The van der Waals surface area contributed by atoms with Gasteiger partial charge in [0.1, 0.15) is 19.0 Å². The number of hydrogen-bond acceptors (Lipinski definition) is 6. The van der Waals surface area contributed by atoms with Crippen LogP contribution in [0.4, 0.5) is 4.79 Å². The minimum absolute atomic E-state index is 0.0284. The molecule has 3 aromatic rings. The van der Waals surface area contributed by atoms with Crippen LogP contribution in [0.2, 0.25) is 0 Å². The fourth-order valence-corrected chi connectivity index (χ4v) is 5.52. The lowest BCUT2D eigenvalue weighted by Crippen LogP contribution is -2.45. The third-order valence-corrected chi connectivity index (χ3v) is 7.89. The first kappa shape index (κ1) is 25.1. The second-order valence-corrected chi connectivity index (χ2v) is 10.6. The fourth-order valence-electron chi connectivity index (χ4n) is 5.52. The Hall–Kier alpha value is -4.21. The van der Waals surface area contributed by atoms with E-state index in [1.807, 2.05) is 47.1 Å². The SMILES string of the molecule is COC(=O)N1CN=C(c2ccc(-c3ccc4c(cnn4C)c3)cc2)N(CC2CCN(C(=O)C3CC3)C2)C(=O)C1. The summed E-state index contributed by atoms with van der Waals surface area (Å²) in [6, 6.07) is 14.2. The van der Waals surface area contributed by atoms with Gasteiger partial charge in [-0.25, -0.2) is 9.79 Å². The van der Waals surface area contributed by atoms with Crippen LogP contribution in [0, 0.1) is 11.8 Å². The van der Waals surface area contributed by atoms with Crippen LogP contribution in [0.1, 0.15) is 24.8 Å². The van der Waals surface area contributed by atoms with E-state index in [0.29, 0.717) is 18.9 Å². The van der Waals surface area contributed by atoms with E-state index in [0.717, 1.165) is 53.4 Å². The fraction of sp³-hybridized carbons (Fsp3) is 0.414. The summed E-state index contributed by atoms with van der Waals surface area (Å²) in [6.07, 6.45) is 4.07. The van der Waals surface area contributed by atoms with E-state index >= 15 is 0 Å². The Morgan fingerprint density at radius 3 is 2.49 bits per heavy atom. The zero-order valence-electron chi connectivity index (χ0n) is 22.2. The number of rotatable bonds is 5. The number of amidine groups is 1. The van der Waals surface area contributed by atoms with Crippen molar-refractivity contribution in [3.63, 3.8) is 0 Å². The summed E-state index contributed by atoms with van der Waals surface area (Å²) in [4.78, 5) is 48.0. The summed E-state index contributed by atoms with van der Waals surface area (Å²) in [5.74, 6) is 0.900. The molecule has 0 bridgehead atoms. The summed E-state index contributed by atoms with van der Waals surface area (Å²) in [6.45, 7) is 1.73. The molecule has 1 atom stereocenters. The highest BCUT2D eigenvalue weighted by molar-refractivity contribution is 6.09. The monoisotopic (exact) mass is 528 g/mol. The van der Waals surface area contributed by atoms with Gasteiger partial charge in [-0.05, 0) is 48.4 Å². The largest absolute Gasteiger partial charge is 0.453 e. The highest BCUT2D eigenvalue weighted by Crippen LogP contribution is 2.33. The Balaban J connectivity index is 1.26. The molecule has 2 aromatic carbocycles. The number of likely N-dealkylation sites (tertiary alicyclic amines) is 1. The van der Waals surface area contributed by atoms with Crippen LogP contribution in [-0.4, -0.2) is 88.2 Å². The van der Waals surface area contributed by atoms with Gasteiger partial charge in [-0.2, -0.15) is 5.10 Å². The zero-order valence-corrected chi connectivity index (χ0v) is 22.2. The molecule has 0 N–H and O–H groups in total. The Labute approximate surface area is 226 Å². The molecule has 1 aliphatic carbocycles. The highest BCUT2D eigenvalue weighted by atomic mass is 16.5. The number of nitrogens with zero attached hydrogens (tertiary/aromatic N) is 6. The number of aromatic nitrogens is 2. The lowest BCUT2D eigenvalue weighted by Gasteiger charge is -2.26. The number of ether oxygens (including phenoxy) is 1. The van der Waals surface area contributed by atoms with E-state index in [4.69, 9.17) is 9.73 Å². The van der Waals surface area contributed by atoms with Gasteiger partial charge in [0.15, 0.2) is 0 Å². The Morgan fingerprint density at radius 2 is 1.74 bits per heavy atom. The van der Waals surface area contributed by atoms with Gasteiger partial charge in [-0.1, -0.05) is 30.3 Å². The quantitative estimate of drug-likeness (QED) is 0.507. The molecule has 1 unspecified atom stereocenters. The molecular formula is C29H32N6O4. The minimum Gasteiger partial charge on any atom is -0.453 e. The Morgan fingerprint density at radius 1 is 1.00 bits per heavy atom. The maximum Gasteiger partial charge on any atom is 0.411 e. The molecule has 2 fully saturated rings. The van der Waals surface area contributed by atoms with Crippen LogP contribution >= 0.6 is 0 Å². The number of aryl methyl sites for hydroxylation is 1. The van der Waals surface area contributed by atoms with E-state index < -0.39 is 6.09 Å². The lowest BCUT2D eigenvalue weighted by atomic mass is 10.0. The first-order valence-corrected chi connectivity index (χ1v) is 13.4. The lowest BCUT2D eigenvalue weighted by molar-refractivity contribution is -0.131. The van der Waals surface area contributed by atoms with Gasteiger partial charge in [-0.3, -0.25) is 24.1 Å². The second kappa shape index (κ2) is 10.2. The standard InChI is InChI=1S/C29H32N6O4/c1-32-25-10-9-23(13-24(25)14-31-32)20-3-5-21(6-4-20)27-30-18-34(29(38)39-2)17-26(36)35(27)16-19-11-12-33(15-19)28(37)22-7-8-22/h3-6,9-10,13-14,19,22H,7-8,11-12,15-18H2,1-2H3. The second-order valence-electron chi connectivity index (χ2n) is 10.6. The smallest absolute Gasteiger partial charge is 0.411 e. The van der Waals surface area contributed by atoms with Gasteiger partial charge in [0, 0.05) is 43.5 Å². The van der Waals surface area contributed by atoms with Gasteiger partial charge in [-0.15, -0.1) is 0 Å². The molecule has 6 rings (SSSR count). The van der Waals surface area contributed by atoms with Crippen molar-refractivity contribution in [3.8, 4) is 11.1 Å². The van der Waals surface area contributed by atoms with Gasteiger partial charge < -0.3 is 9.64 Å². The van der Waals surface area contributed by atoms with Gasteiger partial charge >= 0.3 is 6.09 Å². The predicted octanol–water partition coefficient (Wildman–Crippen LogP) is 3.11. The van der Waals surface area contributed by atoms with E-state index in [9.17, 15) is 14.4 Å². The summed E-state index contributed by atoms with van der Waals surface area (Å²) in [5, 5.41) is 5.39. The molecule has 0 radical (unpaired) electrons. The predicted molar refractivity (Wildman–Crippen MR) is 146 cm³/mol. The highest BCUT2D eigenvalue weighted by Gasteiger charge is 2.38. The first-order valence-electron chi connectivity index (χ1n) is 13.4. The number of fused-ring (bicyclic) bond motifs is 1. The Kier molecular flexibility index (Phi) is 6.54. The maximum absolute atomic E-state index is 13.5. The van der Waals surface area contributed by atoms with E-state index in [2.05, 4.69) is 23.3 Å². The van der Waals surface area contributed by atoms with Crippen LogP contribution in [-0.2, 0) is 21.4 Å². The normalized spacial score (nSPS) is 19.8. The molecule has 3 aliphatic rings. The summed E-state index contributed by atoms with van der Waals surface area (Å²) < 4.78 is 6.71. The number of aliphatic imine (C=N–C) groups is 1. The van der Waals surface area contributed by atoms with E-state index in [-0.39, 0.29) is 36.9 Å². The molecule has 1 saturated heterocycles. The van der Waals surface area contributed by atoms with Crippen LogP contribution < -0.4 is 0 Å². The van der Waals surface area contributed by atoms with E-state index in [1.54, 1.807) is 4.90 Å². The van der Waals surface area contributed by atoms with Crippen molar-refractivity contribution in [3.05, 3.63) is 54.2 Å². The number of carbonyl (C=O) groups is 3. The van der Waals surface area contributed by atoms with Crippen molar-refractivity contribution in [1.29, 1.82) is 0 Å². The van der Waals surface area contributed by atoms with Crippen molar-refractivity contribution in [2.75, 3.05) is 40.0 Å². The van der Waals surface area contributed by atoms with Gasteiger partial charge in [0.2, 0.25) is 11.8 Å². The maximum atomic E-state index is 13.5. The molecule has 39 heavy (non-hydrogen) atoms. The van der Waals surface area contributed by atoms with Crippen molar-refractivity contribution in [1.82, 2.24) is 24.5 Å². The van der Waals surface area contributed by atoms with Crippen LogP contribution in [0.5, 0.6) is 0 Å². The average Bonchev–Trinajstić information content (AvgIpc) is 3.63. The zero-order chi connectivity index (χ0) is 27.1. The molecule has 1 saturated carbocycles. The molecule has 10 heteroatoms. The number of benzene rings is 2. The minimum atomic E-state index is -0.587. The molecule has 3 heterocycles. The summed E-state index contributed by atoms with van der Waals surface area (Å²) >= 11 is 0. The summed E-state index contributed by atoms with van der Waals surface area (Å²) in [7, 11) is 3.22. The van der Waals surface area contributed by atoms with Crippen molar-refractivity contribution < 1.29 is 19.1 Å². The van der Waals surface area contributed by atoms with Crippen LogP contribution in [0.15, 0.2) is 53.7 Å². The number of amides is 3. The number of hydrogen-bond donors (Lipinski definition) is 0. The molecule has 3 amide bonds.